The minimum atomic E-state index is 0.450. The van der Waals surface area contributed by atoms with E-state index in [1.807, 2.05) is 24.3 Å². The Morgan fingerprint density at radius 2 is 1.96 bits per heavy atom. The summed E-state index contributed by atoms with van der Waals surface area (Å²) in [5.41, 5.74) is 3.72. The van der Waals surface area contributed by atoms with Gasteiger partial charge in [0.25, 0.3) is 0 Å². The first-order chi connectivity index (χ1) is 11.1. The van der Waals surface area contributed by atoms with Gasteiger partial charge < -0.3 is 4.42 Å². The molecule has 0 radical (unpaired) electrons. The van der Waals surface area contributed by atoms with E-state index in [1.54, 1.807) is 0 Å². The predicted octanol–water partition coefficient (Wildman–Crippen LogP) is 5.96. The van der Waals surface area contributed by atoms with Gasteiger partial charge in [-0.2, -0.15) is 4.98 Å². The van der Waals surface area contributed by atoms with Gasteiger partial charge in [-0.3, -0.25) is 5.32 Å². The SMILES string of the molecule is CC(C)c1ccc2oc(Nc3nc4cc(Cl)ccc4s3)nc2c1. The van der Waals surface area contributed by atoms with Gasteiger partial charge in [-0.25, -0.2) is 4.98 Å². The third kappa shape index (κ3) is 2.78. The lowest BCUT2D eigenvalue weighted by atomic mass is 10.0. The molecule has 2 aromatic heterocycles. The van der Waals surface area contributed by atoms with Crippen molar-refractivity contribution in [3.63, 3.8) is 0 Å². The minimum Gasteiger partial charge on any atom is -0.423 e. The molecule has 4 rings (SSSR count). The Balaban J connectivity index is 1.68. The zero-order valence-electron chi connectivity index (χ0n) is 12.6. The second kappa shape index (κ2) is 5.51. The fourth-order valence-electron chi connectivity index (χ4n) is 2.40. The van der Waals surface area contributed by atoms with Crippen molar-refractivity contribution in [2.45, 2.75) is 19.8 Å². The first-order valence-electron chi connectivity index (χ1n) is 7.32. The summed E-state index contributed by atoms with van der Waals surface area (Å²) in [6.07, 6.45) is 0. The van der Waals surface area contributed by atoms with Gasteiger partial charge in [-0.05, 0) is 41.8 Å². The smallest absolute Gasteiger partial charge is 0.302 e. The highest BCUT2D eigenvalue weighted by molar-refractivity contribution is 7.22. The molecule has 0 aliphatic heterocycles. The van der Waals surface area contributed by atoms with E-state index in [9.17, 15) is 0 Å². The summed E-state index contributed by atoms with van der Waals surface area (Å²) in [5, 5.41) is 4.55. The van der Waals surface area contributed by atoms with Gasteiger partial charge in [0.2, 0.25) is 0 Å². The maximum atomic E-state index is 6.00. The molecule has 0 aliphatic carbocycles. The molecule has 23 heavy (non-hydrogen) atoms. The van der Waals surface area contributed by atoms with E-state index in [1.165, 1.54) is 16.9 Å². The molecule has 1 N–H and O–H groups in total. The lowest BCUT2D eigenvalue weighted by molar-refractivity contribution is 0.623. The van der Waals surface area contributed by atoms with Crippen LogP contribution in [-0.4, -0.2) is 9.97 Å². The molecule has 0 aliphatic rings. The second-order valence-corrected chi connectivity index (χ2v) is 7.12. The highest BCUT2D eigenvalue weighted by Gasteiger charge is 2.11. The van der Waals surface area contributed by atoms with Gasteiger partial charge in [0.1, 0.15) is 5.52 Å². The normalized spacial score (nSPS) is 11.7. The van der Waals surface area contributed by atoms with Crippen LogP contribution in [0.15, 0.2) is 40.8 Å². The summed E-state index contributed by atoms with van der Waals surface area (Å²) < 4.78 is 6.81. The summed E-state index contributed by atoms with van der Waals surface area (Å²) in [6, 6.07) is 12.2. The standard InChI is InChI=1S/C17H14ClN3OS/c1-9(2)10-3-5-14-12(7-10)19-16(22-14)21-17-20-13-8-11(18)4-6-15(13)23-17/h3-9H,1-2H3,(H,19,20,21). The molecule has 2 heterocycles. The molecule has 0 fully saturated rings. The highest BCUT2D eigenvalue weighted by atomic mass is 35.5. The van der Waals surface area contributed by atoms with E-state index in [-0.39, 0.29) is 0 Å². The number of rotatable bonds is 3. The van der Waals surface area contributed by atoms with Crippen LogP contribution in [0.3, 0.4) is 0 Å². The zero-order valence-corrected chi connectivity index (χ0v) is 14.2. The van der Waals surface area contributed by atoms with E-state index in [0.717, 1.165) is 26.4 Å². The molecule has 0 spiro atoms. The second-order valence-electron chi connectivity index (χ2n) is 5.66. The Bertz CT molecular complexity index is 1010. The Morgan fingerprint density at radius 3 is 2.78 bits per heavy atom. The van der Waals surface area contributed by atoms with E-state index in [2.05, 4.69) is 41.3 Å². The Labute approximate surface area is 142 Å². The number of hydrogen-bond donors (Lipinski definition) is 1. The molecular formula is C17H14ClN3OS. The molecule has 4 nitrogen and oxygen atoms in total. The molecule has 2 aromatic carbocycles. The lowest BCUT2D eigenvalue weighted by Crippen LogP contribution is -1.88. The van der Waals surface area contributed by atoms with Gasteiger partial charge in [-0.1, -0.05) is 42.9 Å². The molecule has 0 amide bonds. The number of thiazole rings is 1. The van der Waals surface area contributed by atoms with Crippen LogP contribution >= 0.6 is 22.9 Å². The minimum absolute atomic E-state index is 0.450. The topological polar surface area (TPSA) is 51.0 Å². The molecular weight excluding hydrogens is 330 g/mol. The third-order valence-electron chi connectivity index (χ3n) is 3.64. The van der Waals surface area contributed by atoms with E-state index in [0.29, 0.717) is 17.0 Å². The molecule has 0 saturated carbocycles. The first kappa shape index (κ1) is 14.5. The number of oxazole rings is 1. The van der Waals surface area contributed by atoms with Crippen LogP contribution in [0.1, 0.15) is 25.3 Å². The van der Waals surface area contributed by atoms with Crippen molar-refractivity contribution in [2.24, 2.45) is 0 Å². The van der Waals surface area contributed by atoms with Crippen molar-refractivity contribution in [1.82, 2.24) is 9.97 Å². The van der Waals surface area contributed by atoms with Gasteiger partial charge in [0, 0.05) is 5.02 Å². The molecule has 4 aromatic rings. The van der Waals surface area contributed by atoms with Crippen LogP contribution in [0.5, 0.6) is 0 Å². The molecule has 0 bridgehead atoms. The van der Waals surface area contributed by atoms with Crippen LogP contribution in [0.25, 0.3) is 21.3 Å². The number of anilines is 2. The van der Waals surface area contributed by atoms with Crippen molar-refractivity contribution in [1.29, 1.82) is 0 Å². The average Bonchev–Trinajstić information content (AvgIpc) is 3.08. The number of aromatic nitrogens is 2. The van der Waals surface area contributed by atoms with Crippen molar-refractivity contribution < 1.29 is 4.42 Å². The van der Waals surface area contributed by atoms with Gasteiger partial charge in [-0.15, -0.1) is 0 Å². The number of nitrogens with one attached hydrogen (secondary N) is 1. The van der Waals surface area contributed by atoms with Crippen molar-refractivity contribution in [2.75, 3.05) is 5.32 Å². The molecule has 116 valence electrons. The van der Waals surface area contributed by atoms with E-state index >= 15 is 0 Å². The molecule has 0 saturated heterocycles. The summed E-state index contributed by atoms with van der Waals surface area (Å²) >= 11 is 7.53. The Kier molecular flexibility index (Phi) is 3.47. The average molecular weight is 344 g/mol. The number of nitrogens with zero attached hydrogens (tertiary/aromatic N) is 2. The van der Waals surface area contributed by atoms with Crippen LogP contribution in [0.4, 0.5) is 11.1 Å². The van der Waals surface area contributed by atoms with E-state index < -0.39 is 0 Å². The number of halogens is 1. The Morgan fingerprint density at radius 1 is 1.09 bits per heavy atom. The van der Waals surface area contributed by atoms with Crippen molar-refractivity contribution in [3.05, 3.63) is 47.0 Å². The van der Waals surface area contributed by atoms with Crippen LogP contribution in [0.2, 0.25) is 5.02 Å². The van der Waals surface area contributed by atoms with Crippen LogP contribution < -0.4 is 5.32 Å². The molecule has 0 atom stereocenters. The Hall–Kier alpha value is -2.11. The zero-order chi connectivity index (χ0) is 16.0. The summed E-state index contributed by atoms with van der Waals surface area (Å²) in [6.45, 7) is 4.32. The lowest BCUT2D eigenvalue weighted by Gasteiger charge is -2.02. The van der Waals surface area contributed by atoms with E-state index in [4.69, 9.17) is 16.0 Å². The monoisotopic (exact) mass is 343 g/mol. The summed E-state index contributed by atoms with van der Waals surface area (Å²) in [7, 11) is 0. The molecule has 6 heteroatoms. The van der Waals surface area contributed by atoms with Gasteiger partial charge in [0.05, 0.1) is 10.2 Å². The maximum absolute atomic E-state index is 6.00. The van der Waals surface area contributed by atoms with Gasteiger partial charge >= 0.3 is 6.01 Å². The van der Waals surface area contributed by atoms with Crippen LogP contribution in [-0.2, 0) is 0 Å². The summed E-state index contributed by atoms with van der Waals surface area (Å²) in [4.78, 5) is 9.01. The third-order valence-corrected chi connectivity index (χ3v) is 4.83. The molecule has 0 unspecified atom stereocenters. The largest absolute Gasteiger partial charge is 0.423 e. The summed E-state index contributed by atoms with van der Waals surface area (Å²) in [5.74, 6) is 0.460. The highest BCUT2D eigenvalue weighted by Crippen LogP contribution is 2.31. The van der Waals surface area contributed by atoms with Crippen molar-refractivity contribution in [3.8, 4) is 0 Å². The first-order valence-corrected chi connectivity index (χ1v) is 8.51. The number of hydrogen-bond acceptors (Lipinski definition) is 5. The van der Waals surface area contributed by atoms with Gasteiger partial charge in [0.15, 0.2) is 10.7 Å². The van der Waals surface area contributed by atoms with Crippen LogP contribution in [0, 0.1) is 0 Å². The predicted molar refractivity (Wildman–Crippen MR) is 96.0 cm³/mol. The van der Waals surface area contributed by atoms with Crippen molar-refractivity contribution >= 4 is 55.4 Å². The number of fused-ring (bicyclic) bond motifs is 2. The quantitative estimate of drug-likeness (QED) is 0.498. The fourth-order valence-corrected chi connectivity index (χ4v) is 3.40. The maximum Gasteiger partial charge on any atom is 0.302 e. The number of benzene rings is 2. The fraction of sp³-hybridized carbons (Fsp3) is 0.176.